The summed E-state index contributed by atoms with van der Waals surface area (Å²) in [5, 5.41) is 11.4. The molecule has 0 aliphatic carbocycles. The standard InChI is InChI=1S/C13H16N2O3/c1-3-4-7-11(13(17)18)15-12(16)10-8-5-6-9(2)14-10/h3-6,8,11H,7H2,1-2H3,(H,15,16)(H,17,18)/b4-3+. The minimum atomic E-state index is -1.06. The van der Waals surface area contributed by atoms with E-state index in [2.05, 4.69) is 10.3 Å². The molecule has 2 N–H and O–H groups in total. The van der Waals surface area contributed by atoms with E-state index in [1.54, 1.807) is 44.2 Å². The van der Waals surface area contributed by atoms with Crippen LogP contribution < -0.4 is 5.32 Å². The number of aryl methyl sites for hydroxylation is 1. The lowest BCUT2D eigenvalue weighted by atomic mass is 10.2. The lowest BCUT2D eigenvalue weighted by Crippen LogP contribution is -2.40. The van der Waals surface area contributed by atoms with Crippen molar-refractivity contribution in [2.24, 2.45) is 0 Å². The van der Waals surface area contributed by atoms with Crippen LogP contribution in [0.2, 0.25) is 0 Å². The Morgan fingerprint density at radius 3 is 2.78 bits per heavy atom. The van der Waals surface area contributed by atoms with Crippen molar-refractivity contribution < 1.29 is 14.7 Å². The molecule has 1 heterocycles. The second-order valence-electron chi connectivity index (χ2n) is 3.83. The summed E-state index contributed by atoms with van der Waals surface area (Å²) in [6.45, 7) is 3.56. The summed E-state index contributed by atoms with van der Waals surface area (Å²) < 4.78 is 0. The van der Waals surface area contributed by atoms with Gasteiger partial charge >= 0.3 is 5.97 Å². The van der Waals surface area contributed by atoms with Crippen molar-refractivity contribution in [1.82, 2.24) is 10.3 Å². The molecule has 0 bridgehead atoms. The third kappa shape index (κ3) is 4.01. The number of nitrogens with zero attached hydrogens (tertiary/aromatic N) is 1. The summed E-state index contributed by atoms with van der Waals surface area (Å²) in [5.74, 6) is -1.54. The summed E-state index contributed by atoms with van der Waals surface area (Å²) in [6.07, 6.45) is 3.69. The van der Waals surface area contributed by atoms with Crippen LogP contribution in [0.5, 0.6) is 0 Å². The number of aliphatic carboxylic acids is 1. The average Bonchev–Trinajstić information content (AvgIpc) is 2.33. The molecule has 0 aliphatic heterocycles. The Balaban J connectivity index is 2.75. The molecule has 0 radical (unpaired) electrons. The first-order valence-electron chi connectivity index (χ1n) is 5.63. The number of nitrogens with one attached hydrogen (secondary N) is 1. The molecule has 0 spiro atoms. The van der Waals surface area contributed by atoms with Crippen molar-refractivity contribution in [2.75, 3.05) is 0 Å². The van der Waals surface area contributed by atoms with Crippen LogP contribution in [0.3, 0.4) is 0 Å². The van der Waals surface area contributed by atoms with E-state index in [0.717, 1.165) is 0 Å². The van der Waals surface area contributed by atoms with Crippen molar-refractivity contribution in [1.29, 1.82) is 0 Å². The predicted molar refractivity (Wildman–Crippen MR) is 67.3 cm³/mol. The van der Waals surface area contributed by atoms with Crippen LogP contribution in [0.4, 0.5) is 0 Å². The largest absolute Gasteiger partial charge is 0.480 e. The normalized spacial score (nSPS) is 12.3. The number of amides is 1. The quantitative estimate of drug-likeness (QED) is 0.775. The summed E-state index contributed by atoms with van der Waals surface area (Å²) >= 11 is 0. The third-order valence-corrected chi connectivity index (χ3v) is 2.33. The van der Waals surface area contributed by atoms with Gasteiger partial charge in [-0.15, -0.1) is 0 Å². The van der Waals surface area contributed by atoms with Crippen LogP contribution in [0, 0.1) is 6.92 Å². The van der Waals surface area contributed by atoms with E-state index in [1.165, 1.54) is 0 Å². The Kier molecular flexibility index (Phi) is 5.05. The summed E-state index contributed by atoms with van der Waals surface area (Å²) in [4.78, 5) is 26.8. The number of carboxylic acids is 1. The first-order valence-corrected chi connectivity index (χ1v) is 5.63. The zero-order valence-electron chi connectivity index (χ0n) is 10.4. The Labute approximate surface area is 106 Å². The van der Waals surface area contributed by atoms with Gasteiger partial charge in [0.2, 0.25) is 0 Å². The Bertz CT molecular complexity index is 469. The highest BCUT2D eigenvalue weighted by Crippen LogP contribution is 2.01. The van der Waals surface area contributed by atoms with Crippen molar-refractivity contribution in [3.05, 3.63) is 41.7 Å². The summed E-state index contributed by atoms with van der Waals surface area (Å²) in [6, 6.07) is 4.09. The van der Waals surface area contributed by atoms with Gasteiger partial charge in [0.25, 0.3) is 5.91 Å². The van der Waals surface area contributed by atoms with E-state index in [4.69, 9.17) is 5.11 Å². The smallest absolute Gasteiger partial charge is 0.326 e. The zero-order chi connectivity index (χ0) is 13.5. The van der Waals surface area contributed by atoms with Gasteiger partial charge in [-0.2, -0.15) is 0 Å². The number of hydrogen-bond acceptors (Lipinski definition) is 3. The SMILES string of the molecule is C/C=C/CC(NC(=O)c1cccc(C)n1)C(=O)O. The minimum absolute atomic E-state index is 0.224. The fraction of sp³-hybridized carbons (Fsp3) is 0.308. The second kappa shape index (κ2) is 6.54. The predicted octanol–water partition coefficient (Wildman–Crippen LogP) is 1.54. The Morgan fingerprint density at radius 2 is 2.22 bits per heavy atom. The van der Waals surface area contributed by atoms with E-state index < -0.39 is 17.9 Å². The molecule has 1 rings (SSSR count). The minimum Gasteiger partial charge on any atom is -0.480 e. The summed E-state index contributed by atoms with van der Waals surface area (Å²) in [5.41, 5.74) is 0.935. The van der Waals surface area contributed by atoms with E-state index in [-0.39, 0.29) is 12.1 Å². The molecule has 18 heavy (non-hydrogen) atoms. The van der Waals surface area contributed by atoms with Gasteiger partial charge in [0.05, 0.1) is 0 Å². The van der Waals surface area contributed by atoms with Crippen LogP contribution in [0.1, 0.15) is 29.5 Å². The molecule has 1 amide bonds. The molecule has 5 nitrogen and oxygen atoms in total. The molecule has 0 aromatic carbocycles. The van der Waals surface area contributed by atoms with Crippen molar-refractivity contribution in [3.8, 4) is 0 Å². The lowest BCUT2D eigenvalue weighted by Gasteiger charge is -2.12. The van der Waals surface area contributed by atoms with E-state index in [1.807, 2.05) is 0 Å². The molecule has 0 saturated heterocycles. The molecular formula is C13H16N2O3. The number of allylic oxidation sites excluding steroid dienone is 1. The topological polar surface area (TPSA) is 79.3 Å². The molecule has 1 atom stereocenters. The molecule has 1 unspecified atom stereocenters. The number of aromatic nitrogens is 1. The van der Waals surface area contributed by atoms with Crippen LogP contribution >= 0.6 is 0 Å². The van der Waals surface area contributed by atoms with Gasteiger partial charge in [0, 0.05) is 5.69 Å². The maximum absolute atomic E-state index is 11.8. The second-order valence-corrected chi connectivity index (χ2v) is 3.83. The monoisotopic (exact) mass is 248 g/mol. The Morgan fingerprint density at radius 1 is 1.50 bits per heavy atom. The summed E-state index contributed by atoms with van der Waals surface area (Å²) in [7, 11) is 0. The molecule has 0 saturated carbocycles. The van der Waals surface area contributed by atoms with Crippen LogP contribution in [0.15, 0.2) is 30.4 Å². The van der Waals surface area contributed by atoms with Crippen molar-refractivity contribution >= 4 is 11.9 Å². The van der Waals surface area contributed by atoms with E-state index in [0.29, 0.717) is 5.69 Å². The number of rotatable bonds is 5. The Hall–Kier alpha value is -2.17. The van der Waals surface area contributed by atoms with Gasteiger partial charge < -0.3 is 10.4 Å². The third-order valence-electron chi connectivity index (χ3n) is 2.33. The molecule has 0 aliphatic rings. The number of hydrogen-bond donors (Lipinski definition) is 2. The highest BCUT2D eigenvalue weighted by molar-refractivity contribution is 5.95. The number of pyridine rings is 1. The van der Waals surface area contributed by atoms with Gasteiger partial charge in [-0.1, -0.05) is 18.2 Å². The molecule has 5 heteroatoms. The van der Waals surface area contributed by atoms with Gasteiger partial charge in [0.1, 0.15) is 11.7 Å². The molecular weight excluding hydrogens is 232 g/mol. The van der Waals surface area contributed by atoms with Crippen LogP contribution in [-0.4, -0.2) is 28.0 Å². The fourth-order valence-electron chi connectivity index (χ4n) is 1.40. The van der Waals surface area contributed by atoms with E-state index in [9.17, 15) is 9.59 Å². The fourth-order valence-corrected chi connectivity index (χ4v) is 1.40. The van der Waals surface area contributed by atoms with Crippen molar-refractivity contribution in [2.45, 2.75) is 26.3 Å². The van der Waals surface area contributed by atoms with Gasteiger partial charge in [-0.3, -0.25) is 4.79 Å². The lowest BCUT2D eigenvalue weighted by molar-refractivity contribution is -0.139. The molecule has 1 aromatic heterocycles. The van der Waals surface area contributed by atoms with Gasteiger partial charge in [-0.25, -0.2) is 9.78 Å². The highest BCUT2D eigenvalue weighted by Gasteiger charge is 2.19. The molecule has 1 aromatic rings. The molecule has 0 fully saturated rings. The average molecular weight is 248 g/mol. The number of carboxylic acid groups (broad SMARTS) is 1. The van der Waals surface area contributed by atoms with Crippen molar-refractivity contribution in [3.63, 3.8) is 0 Å². The first kappa shape index (κ1) is 13.9. The first-order chi connectivity index (χ1) is 8.54. The molecule has 96 valence electrons. The maximum Gasteiger partial charge on any atom is 0.326 e. The zero-order valence-corrected chi connectivity index (χ0v) is 10.4. The van der Waals surface area contributed by atoms with Crippen LogP contribution in [-0.2, 0) is 4.79 Å². The van der Waals surface area contributed by atoms with Crippen LogP contribution in [0.25, 0.3) is 0 Å². The maximum atomic E-state index is 11.8. The number of carbonyl (C=O) groups excluding carboxylic acids is 1. The van der Waals surface area contributed by atoms with Gasteiger partial charge in [0.15, 0.2) is 0 Å². The van der Waals surface area contributed by atoms with Gasteiger partial charge in [-0.05, 0) is 32.4 Å². The van der Waals surface area contributed by atoms with E-state index >= 15 is 0 Å². The number of carbonyl (C=O) groups is 2. The highest BCUT2D eigenvalue weighted by atomic mass is 16.4.